The van der Waals surface area contributed by atoms with E-state index < -0.39 is 16.1 Å². The summed E-state index contributed by atoms with van der Waals surface area (Å²) in [5, 5.41) is 18.6. The van der Waals surface area contributed by atoms with E-state index in [1.807, 2.05) is 36.4 Å². The van der Waals surface area contributed by atoms with Crippen LogP contribution in [-0.2, 0) is 14.8 Å². The van der Waals surface area contributed by atoms with E-state index in [1.54, 1.807) is 12.1 Å². The minimum Gasteiger partial charge on any atom is -0.492 e. The summed E-state index contributed by atoms with van der Waals surface area (Å²) in [7, 11) is -3.57. The zero-order valence-electron chi connectivity index (χ0n) is 19.5. The number of sulfonamides is 1. The lowest BCUT2D eigenvalue weighted by Gasteiger charge is -2.17. The minimum absolute atomic E-state index is 0.190. The van der Waals surface area contributed by atoms with Crippen LogP contribution in [0.15, 0.2) is 60.7 Å². The number of aliphatic hydroxyl groups excluding tert-OH is 1. The van der Waals surface area contributed by atoms with Gasteiger partial charge in [0.2, 0.25) is 15.9 Å². The third-order valence-corrected chi connectivity index (χ3v) is 5.99. The van der Waals surface area contributed by atoms with Gasteiger partial charge in [0.05, 0.1) is 29.3 Å². The first-order valence-corrected chi connectivity index (χ1v) is 13.0. The number of aromatic amines is 1. The van der Waals surface area contributed by atoms with Gasteiger partial charge >= 0.3 is 0 Å². The lowest BCUT2D eigenvalue weighted by atomic mass is 10.1. The van der Waals surface area contributed by atoms with Crippen LogP contribution < -0.4 is 20.1 Å². The molecule has 4 aromatic rings. The van der Waals surface area contributed by atoms with Crippen molar-refractivity contribution in [2.75, 3.05) is 36.0 Å². The zero-order chi connectivity index (χ0) is 25.0. The topological polar surface area (TPSA) is 133 Å². The van der Waals surface area contributed by atoms with E-state index in [0.717, 1.165) is 28.4 Å². The first-order valence-electron chi connectivity index (χ1n) is 11.1. The quantitative estimate of drug-likeness (QED) is 0.214. The maximum Gasteiger partial charge on any atom is 0.229 e. The molecular formula is C25H28N4O5S. The second-order valence-corrected chi connectivity index (χ2v) is 10.1. The molecule has 10 heteroatoms. The highest BCUT2D eigenvalue weighted by molar-refractivity contribution is 7.92. The highest BCUT2D eigenvalue weighted by Gasteiger charge is 2.14. The Morgan fingerprint density at radius 1 is 1.03 bits per heavy atom. The molecule has 1 atom stereocenters. The maximum atomic E-state index is 11.7. The molecule has 0 aliphatic heterocycles. The molecule has 0 radical (unpaired) electrons. The van der Waals surface area contributed by atoms with Crippen molar-refractivity contribution in [2.45, 2.75) is 13.0 Å². The number of ether oxygens (including phenoxy) is 1. The van der Waals surface area contributed by atoms with Crippen LogP contribution in [0.4, 0.5) is 11.4 Å². The number of H-pyrrole nitrogens is 1. The highest BCUT2D eigenvalue weighted by Crippen LogP contribution is 2.29. The van der Waals surface area contributed by atoms with Gasteiger partial charge < -0.3 is 25.5 Å². The molecule has 0 saturated carbocycles. The number of nitrogens with one attached hydrogen (secondary N) is 4. The van der Waals surface area contributed by atoms with Gasteiger partial charge in [-0.25, -0.2) is 8.42 Å². The van der Waals surface area contributed by atoms with Gasteiger partial charge in [0.1, 0.15) is 12.4 Å². The van der Waals surface area contributed by atoms with E-state index >= 15 is 0 Å². The van der Waals surface area contributed by atoms with Crippen LogP contribution >= 0.6 is 0 Å². The van der Waals surface area contributed by atoms with E-state index in [2.05, 4.69) is 26.4 Å². The second kappa shape index (κ2) is 10.3. The number of carbonyl (C=O) groups is 1. The molecule has 1 aromatic heterocycles. The lowest BCUT2D eigenvalue weighted by molar-refractivity contribution is -0.114. The number of amides is 1. The van der Waals surface area contributed by atoms with Crippen molar-refractivity contribution in [3.05, 3.63) is 66.2 Å². The SMILES string of the molecule is CC(=O)Nc1ccc(C(O)CNCCOc2ccc3c(c2)[nH]c2ccccc23)cc1NS(C)(=O)=O. The Morgan fingerprint density at radius 2 is 1.80 bits per heavy atom. The van der Waals surface area contributed by atoms with Gasteiger partial charge in [-0.2, -0.15) is 0 Å². The second-order valence-electron chi connectivity index (χ2n) is 8.31. The molecule has 4 rings (SSSR count). The number of carbonyl (C=O) groups excluding carboxylic acids is 1. The number of hydrogen-bond donors (Lipinski definition) is 5. The molecule has 1 unspecified atom stereocenters. The summed E-state index contributed by atoms with van der Waals surface area (Å²) in [6.45, 7) is 2.47. The Morgan fingerprint density at radius 3 is 2.57 bits per heavy atom. The Bertz CT molecular complexity index is 1470. The summed E-state index contributed by atoms with van der Waals surface area (Å²) in [6, 6.07) is 18.8. The first-order chi connectivity index (χ1) is 16.7. The van der Waals surface area contributed by atoms with E-state index in [1.165, 1.54) is 18.4 Å². The number of benzene rings is 3. The fourth-order valence-electron chi connectivity index (χ4n) is 3.87. The van der Waals surface area contributed by atoms with Crippen LogP contribution in [0.25, 0.3) is 21.8 Å². The highest BCUT2D eigenvalue weighted by atomic mass is 32.2. The number of rotatable bonds is 10. The molecule has 3 aromatic carbocycles. The van der Waals surface area contributed by atoms with Crippen molar-refractivity contribution in [2.24, 2.45) is 0 Å². The van der Waals surface area contributed by atoms with Crippen molar-refractivity contribution < 1.29 is 23.1 Å². The van der Waals surface area contributed by atoms with Crippen LogP contribution in [0, 0.1) is 0 Å². The Labute approximate surface area is 203 Å². The summed E-state index contributed by atoms with van der Waals surface area (Å²) in [6.07, 6.45) is 0.134. The fourth-order valence-corrected chi connectivity index (χ4v) is 4.44. The molecule has 5 N–H and O–H groups in total. The summed E-state index contributed by atoms with van der Waals surface area (Å²) >= 11 is 0. The largest absolute Gasteiger partial charge is 0.492 e. The number of aliphatic hydroxyl groups is 1. The monoisotopic (exact) mass is 496 g/mol. The number of anilines is 2. The van der Waals surface area contributed by atoms with E-state index in [-0.39, 0.29) is 18.1 Å². The normalized spacial score (nSPS) is 12.5. The van der Waals surface area contributed by atoms with Gasteiger partial charge in [-0.15, -0.1) is 0 Å². The van der Waals surface area contributed by atoms with Crippen molar-refractivity contribution in [1.82, 2.24) is 10.3 Å². The standard InChI is InChI=1S/C25H28N4O5S/c1-16(30)27-22-10-7-17(13-24(22)29-35(2,32)33)25(31)15-26-11-12-34-18-8-9-20-19-5-3-4-6-21(19)28-23(20)14-18/h3-10,13-14,25-26,28-29,31H,11-12,15H2,1-2H3,(H,27,30). The summed E-state index contributed by atoms with van der Waals surface area (Å²) in [5.41, 5.74) is 3.09. The van der Waals surface area contributed by atoms with Crippen LogP contribution in [-0.4, -0.2) is 50.4 Å². The van der Waals surface area contributed by atoms with Crippen molar-refractivity contribution in [3.8, 4) is 5.75 Å². The number of fused-ring (bicyclic) bond motifs is 3. The molecule has 35 heavy (non-hydrogen) atoms. The van der Waals surface area contributed by atoms with Gasteiger partial charge in [0.25, 0.3) is 0 Å². The molecule has 0 aliphatic rings. The smallest absolute Gasteiger partial charge is 0.229 e. The van der Waals surface area contributed by atoms with E-state index in [4.69, 9.17) is 4.74 Å². The van der Waals surface area contributed by atoms with Crippen molar-refractivity contribution in [1.29, 1.82) is 0 Å². The number of para-hydroxylation sites is 1. The zero-order valence-corrected chi connectivity index (χ0v) is 20.3. The van der Waals surface area contributed by atoms with Crippen LogP contribution in [0.2, 0.25) is 0 Å². The summed E-state index contributed by atoms with van der Waals surface area (Å²) in [4.78, 5) is 14.8. The van der Waals surface area contributed by atoms with Crippen molar-refractivity contribution >= 4 is 49.1 Å². The van der Waals surface area contributed by atoms with Gasteiger partial charge in [-0.05, 0) is 35.9 Å². The molecule has 0 aliphatic carbocycles. The Hall–Kier alpha value is -3.60. The first kappa shape index (κ1) is 24.5. The van der Waals surface area contributed by atoms with Crippen LogP contribution in [0.5, 0.6) is 5.75 Å². The third kappa shape index (κ3) is 6.30. The molecule has 0 saturated heterocycles. The molecule has 1 heterocycles. The molecule has 0 bridgehead atoms. The Balaban J connectivity index is 1.31. The predicted molar refractivity (Wildman–Crippen MR) is 138 cm³/mol. The van der Waals surface area contributed by atoms with E-state index in [9.17, 15) is 18.3 Å². The van der Waals surface area contributed by atoms with E-state index in [0.29, 0.717) is 24.4 Å². The molecule has 0 fully saturated rings. The van der Waals surface area contributed by atoms with Gasteiger partial charge in [-0.3, -0.25) is 9.52 Å². The average molecular weight is 497 g/mol. The average Bonchev–Trinajstić information content (AvgIpc) is 3.16. The maximum absolute atomic E-state index is 11.7. The summed E-state index contributed by atoms with van der Waals surface area (Å²) < 4.78 is 31.6. The summed E-state index contributed by atoms with van der Waals surface area (Å²) in [5.74, 6) is 0.414. The lowest BCUT2D eigenvalue weighted by Crippen LogP contribution is -2.26. The molecule has 1 amide bonds. The van der Waals surface area contributed by atoms with Crippen LogP contribution in [0.3, 0.4) is 0 Å². The molecular weight excluding hydrogens is 468 g/mol. The number of aromatic nitrogens is 1. The fraction of sp³-hybridized carbons (Fsp3) is 0.240. The van der Waals surface area contributed by atoms with Crippen LogP contribution in [0.1, 0.15) is 18.6 Å². The molecule has 9 nitrogen and oxygen atoms in total. The predicted octanol–water partition coefficient (Wildman–Crippen LogP) is 3.35. The van der Waals surface area contributed by atoms with Gasteiger partial charge in [-0.1, -0.05) is 24.3 Å². The van der Waals surface area contributed by atoms with Crippen molar-refractivity contribution in [3.63, 3.8) is 0 Å². The van der Waals surface area contributed by atoms with Gasteiger partial charge in [0, 0.05) is 42.4 Å². The molecule has 0 spiro atoms. The number of hydrogen-bond acceptors (Lipinski definition) is 6. The third-order valence-electron chi connectivity index (χ3n) is 5.40. The van der Waals surface area contributed by atoms with Gasteiger partial charge in [0.15, 0.2) is 0 Å². The molecule has 184 valence electrons. The Kier molecular flexibility index (Phi) is 7.25. The minimum atomic E-state index is -3.57.